The van der Waals surface area contributed by atoms with Crippen molar-refractivity contribution in [3.63, 3.8) is 0 Å². The van der Waals surface area contributed by atoms with E-state index in [-0.39, 0.29) is 17.4 Å². The van der Waals surface area contributed by atoms with Gasteiger partial charge in [0.1, 0.15) is 23.1 Å². The number of halogens is 2. The van der Waals surface area contributed by atoms with Crippen molar-refractivity contribution in [3.8, 4) is 0 Å². The van der Waals surface area contributed by atoms with Crippen molar-refractivity contribution >= 4 is 34.4 Å². The van der Waals surface area contributed by atoms with Gasteiger partial charge in [-0.05, 0) is 18.9 Å². The van der Waals surface area contributed by atoms with Gasteiger partial charge < -0.3 is 20.4 Å². The maximum Gasteiger partial charge on any atom is 0.275 e. The van der Waals surface area contributed by atoms with Crippen LogP contribution in [0.1, 0.15) is 28.9 Å². The van der Waals surface area contributed by atoms with Crippen molar-refractivity contribution < 1.29 is 19.4 Å². The van der Waals surface area contributed by atoms with Gasteiger partial charge in [0.15, 0.2) is 11.3 Å². The molecule has 0 saturated heterocycles. The van der Waals surface area contributed by atoms with E-state index in [1.54, 1.807) is 0 Å². The summed E-state index contributed by atoms with van der Waals surface area (Å²) in [6.07, 6.45) is 1.53. The first-order valence-corrected chi connectivity index (χ1v) is 9.60. The molecule has 1 aliphatic rings. The number of H-pyrrole nitrogens is 1. The van der Waals surface area contributed by atoms with Gasteiger partial charge in [-0.1, -0.05) is 11.6 Å². The Morgan fingerprint density at radius 2 is 2.17 bits per heavy atom. The number of hydrogen-bond donors (Lipinski definition) is 4. The van der Waals surface area contributed by atoms with Crippen LogP contribution in [-0.4, -0.2) is 71.5 Å². The Kier molecular flexibility index (Phi) is 5.50. The second-order valence-electron chi connectivity index (χ2n) is 7.17. The van der Waals surface area contributed by atoms with Gasteiger partial charge in [0.05, 0.1) is 29.8 Å². The van der Waals surface area contributed by atoms with E-state index in [2.05, 4.69) is 30.5 Å². The highest BCUT2D eigenvalue weighted by Gasteiger charge is 2.34. The lowest BCUT2D eigenvalue weighted by Gasteiger charge is -2.20. The number of amides is 1. The summed E-state index contributed by atoms with van der Waals surface area (Å²) in [7, 11) is 1.53. The zero-order chi connectivity index (χ0) is 21.4. The van der Waals surface area contributed by atoms with Crippen molar-refractivity contribution in [2.24, 2.45) is 0 Å². The van der Waals surface area contributed by atoms with Crippen molar-refractivity contribution in [2.75, 3.05) is 12.4 Å². The number of pyridine rings is 1. The molecule has 1 fully saturated rings. The molecule has 1 aliphatic carbocycles. The highest BCUT2D eigenvalue weighted by Crippen LogP contribution is 2.28. The van der Waals surface area contributed by atoms with Crippen LogP contribution in [0.15, 0.2) is 18.6 Å². The van der Waals surface area contributed by atoms with Crippen LogP contribution >= 0.6 is 11.6 Å². The molecule has 0 unspecified atom stereocenters. The summed E-state index contributed by atoms with van der Waals surface area (Å²) in [5, 5.41) is 30.2. The van der Waals surface area contributed by atoms with E-state index in [9.17, 15) is 19.4 Å². The zero-order valence-corrected chi connectivity index (χ0v) is 16.6. The molecule has 3 atom stereocenters. The molecule has 0 spiro atoms. The standard InChI is InChI=1S/C18H19ClFN7O3/c1-27(6-8-4-9(20)5-21-15(8)19)18(30)13-12-16(22-7-23-17(12)26-25-13)24-10-2-3-11(28)14(10)29/h4-5,7,10-11,14,28-29H,2-3,6H2,1H3,(H2,22,23,24,25,26)/t10-,11-,14+/m1/s1. The van der Waals surface area contributed by atoms with E-state index in [1.165, 1.54) is 24.3 Å². The molecule has 1 amide bonds. The van der Waals surface area contributed by atoms with E-state index in [0.29, 0.717) is 35.3 Å². The Morgan fingerprint density at radius 3 is 2.90 bits per heavy atom. The molecule has 12 heteroatoms. The third-order valence-corrected chi connectivity index (χ3v) is 5.44. The van der Waals surface area contributed by atoms with Crippen LogP contribution in [0.4, 0.5) is 10.2 Å². The van der Waals surface area contributed by atoms with Crippen molar-refractivity contribution in [2.45, 2.75) is 37.6 Å². The van der Waals surface area contributed by atoms with Gasteiger partial charge in [-0.2, -0.15) is 5.10 Å². The number of nitrogens with one attached hydrogen (secondary N) is 2. The third-order valence-electron chi connectivity index (χ3n) is 5.09. The molecular weight excluding hydrogens is 417 g/mol. The molecule has 4 N–H and O–H groups in total. The maximum atomic E-state index is 13.5. The number of aromatic nitrogens is 5. The van der Waals surface area contributed by atoms with Gasteiger partial charge in [-0.25, -0.2) is 19.3 Å². The fourth-order valence-corrected chi connectivity index (χ4v) is 3.66. The normalized spacial score (nSPS) is 21.2. The summed E-state index contributed by atoms with van der Waals surface area (Å²) in [6.45, 7) is 0.0146. The molecular formula is C18H19ClFN7O3. The number of fused-ring (bicyclic) bond motifs is 1. The Bertz CT molecular complexity index is 1090. The van der Waals surface area contributed by atoms with Crippen molar-refractivity contribution in [3.05, 3.63) is 40.8 Å². The Labute approximate surface area is 175 Å². The molecule has 0 aliphatic heterocycles. The van der Waals surface area contributed by atoms with Crippen LogP contribution < -0.4 is 5.32 Å². The van der Waals surface area contributed by atoms with Gasteiger partial charge in [0.25, 0.3) is 5.91 Å². The molecule has 158 valence electrons. The largest absolute Gasteiger partial charge is 0.390 e. The molecule has 3 aromatic heterocycles. The molecule has 1 saturated carbocycles. The van der Waals surface area contributed by atoms with Crippen LogP contribution in [-0.2, 0) is 6.54 Å². The minimum Gasteiger partial charge on any atom is -0.390 e. The number of aliphatic hydroxyl groups is 2. The van der Waals surface area contributed by atoms with Gasteiger partial charge in [-0.3, -0.25) is 9.89 Å². The van der Waals surface area contributed by atoms with E-state index in [4.69, 9.17) is 11.6 Å². The molecule has 0 radical (unpaired) electrons. The minimum atomic E-state index is -0.952. The summed E-state index contributed by atoms with van der Waals surface area (Å²) in [5.74, 6) is -0.710. The summed E-state index contributed by atoms with van der Waals surface area (Å²) in [6, 6.07) is 0.788. The fraction of sp³-hybridized carbons (Fsp3) is 0.389. The lowest BCUT2D eigenvalue weighted by atomic mass is 10.2. The number of anilines is 1. The summed E-state index contributed by atoms with van der Waals surface area (Å²) in [5.41, 5.74) is 0.747. The summed E-state index contributed by atoms with van der Waals surface area (Å²) in [4.78, 5) is 26.4. The number of rotatable bonds is 5. The second-order valence-corrected chi connectivity index (χ2v) is 7.53. The first-order valence-electron chi connectivity index (χ1n) is 9.22. The lowest BCUT2D eigenvalue weighted by Crippen LogP contribution is -2.34. The number of aromatic amines is 1. The second kappa shape index (κ2) is 8.09. The number of hydrogen-bond acceptors (Lipinski definition) is 8. The first-order chi connectivity index (χ1) is 14.3. The Hall–Kier alpha value is -2.89. The topological polar surface area (TPSA) is 140 Å². The minimum absolute atomic E-state index is 0.0146. The van der Waals surface area contributed by atoms with Crippen LogP contribution in [0, 0.1) is 5.82 Å². The zero-order valence-electron chi connectivity index (χ0n) is 15.9. The molecule has 10 nitrogen and oxygen atoms in total. The smallest absolute Gasteiger partial charge is 0.275 e. The molecule has 3 heterocycles. The predicted molar refractivity (Wildman–Crippen MR) is 105 cm³/mol. The number of aliphatic hydroxyl groups excluding tert-OH is 2. The fourth-order valence-electron chi connectivity index (χ4n) is 3.50. The third kappa shape index (κ3) is 3.78. The van der Waals surface area contributed by atoms with E-state index >= 15 is 0 Å². The maximum absolute atomic E-state index is 13.5. The molecule has 0 aromatic carbocycles. The Balaban J connectivity index is 1.62. The van der Waals surface area contributed by atoms with Gasteiger partial charge in [0, 0.05) is 19.2 Å². The molecule has 30 heavy (non-hydrogen) atoms. The highest BCUT2D eigenvalue weighted by atomic mass is 35.5. The van der Waals surface area contributed by atoms with E-state index < -0.39 is 30.0 Å². The monoisotopic (exact) mass is 435 g/mol. The molecule has 0 bridgehead atoms. The van der Waals surface area contributed by atoms with Crippen LogP contribution in [0.25, 0.3) is 11.0 Å². The number of carbonyl (C=O) groups excluding carboxylic acids is 1. The Morgan fingerprint density at radius 1 is 1.37 bits per heavy atom. The van der Waals surface area contributed by atoms with Crippen molar-refractivity contribution in [1.82, 2.24) is 30.0 Å². The summed E-state index contributed by atoms with van der Waals surface area (Å²) < 4.78 is 13.5. The van der Waals surface area contributed by atoms with E-state index in [1.807, 2.05) is 0 Å². The van der Waals surface area contributed by atoms with Gasteiger partial charge >= 0.3 is 0 Å². The van der Waals surface area contributed by atoms with Gasteiger partial charge in [0.2, 0.25) is 0 Å². The summed E-state index contributed by atoms with van der Waals surface area (Å²) >= 11 is 6.00. The van der Waals surface area contributed by atoms with Crippen LogP contribution in [0.2, 0.25) is 5.15 Å². The molecule has 3 aromatic rings. The van der Waals surface area contributed by atoms with Crippen molar-refractivity contribution in [1.29, 1.82) is 0 Å². The average molecular weight is 436 g/mol. The van der Waals surface area contributed by atoms with Gasteiger partial charge in [-0.15, -0.1) is 0 Å². The highest BCUT2D eigenvalue weighted by molar-refractivity contribution is 6.30. The first kappa shape index (κ1) is 20.4. The number of carbonyl (C=O) groups is 1. The lowest BCUT2D eigenvalue weighted by molar-refractivity contribution is 0.0392. The average Bonchev–Trinajstić information content (AvgIpc) is 3.29. The van der Waals surface area contributed by atoms with Crippen LogP contribution in [0.3, 0.4) is 0 Å². The number of nitrogens with zero attached hydrogens (tertiary/aromatic N) is 5. The predicted octanol–water partition coefficient (Wildman–Crippen LogP) is 1.11. The van der Waals surface area contributed by atoms with E-state index in [0.717, 1.165) is 6.20 Å². The molecule has 4 rings (SSSR count). The van der Waals surface area contributed by atoms with Crippen LogP contribution in [0.5, 0.6) is 0 Å². The quantitative estimate of drug-likeness (QED) is 0.437. The SMILES string of the molecule is CN(Cc1cc(F)cnc1Cl)C(=O)c1n[nH]c2ncnc(N[C@@H]3CC[C@@H](O)[C@H]3O)c12.